The molecule has 3 heterocycles. The second-order valence-corrected chi connectivity index (χ2v) is 9.19. The summed E-state index contributed by atoms with van der Waals surface area (Å²) in [6.07, 6.45) is 3.12. The van der Waals surface area contributed by atoms with Crippen LogP contribution in [0.15, 0.2) is 18.7 Å². The fourth-order valence-electron chi connectivity index (χ4n) is 4.35. The van der Waals surface area contributed by atoms with Crippen molar-refractivity contribution in [3.05, 3.63) is 34.9 Å². The van der Waals surface area contributed by atoms with Gasteiger partial charge in [0.2, 0.25) is 5.91 Å². The van der Waals surface area contributed by atoms with Crippen LogP contribution >= 0.6 is 11.6 Å². The van der Waals surface area contributed by atoms with Crippen LogP contribution in [0.1, 0.15) is 24.1 Å². The van der Waals surface area contributed by atoms with Gasteiger partial charge in [-0.25, -0.2) is 15.0 Å². The number of piperazine rings is 1. The Labute approximate surface area is 204 Å². The molecule has 1 saturated heterocycles. The van der Waals surface area contributed by atoms with E-state index in [1.54, 1.807) is 25.3 Å². The van der Waals surface area contributed by atoms with Crippen LogP contribution in [0.25, 0.3) is 11.2 Å². The third kappa shape index (κ3) is 4.74. The van der Waals surface area contributed by atoms with Crippen LogP contribution in [0.4, 0.5) is 17.2 Å². The van der Waals surface area contributed by atoms with Gasteiger partial charge in [0.15, 0.2) is 11.5 Å². The lowest BCUT2D eigenvalue weighted by Gasteiger charge is -2.39. The van der Waals surface area contributed by atoms with Gasteiger partial charge in [0, 0.05) is 57.9 Å². The van der Waals surface area contributed by atoms with Crippen LogP contribution in [0.2, 0.25) is 5.02 Å². The number of likely N-dealkylation sites (N-methyl/N-ethyl adjacent to an activating group) is 1. The van der Waals surface area contributed by atoms with E-state index in [0.717, 1.165) is 54.2 Å². The maximum atomic E-state index is 12.2. The van der Waals surface area contributed by atoms with Crippen molar-refractivity contribution >= 4 is 45.9 Å². The van der Waals surface area contributed by atoms with E-state index < -0.39 is 0 Å². The summed E-state index contributed by atoms with van der Waals surface area (Å²) >= 11 is 6.66. The number of halogens is 1. The zero-order chi connectivity index (χ0) is 24.4. The average molecular weight is 486 g/mol. The van der Waals surface area contributed by atoms with Crippen molar-refractivity contribution in [2.24, 2.45) is 0 Å². The van der Waals surface area contributed by atoms with Gasteiger partial charge in [-0.1, -0.05) is 11.6 Å². The van der Waals surface area contributed by atoms with Gasteiger partial charge < -0.3 is 25.4 Å². The largest absolute Gasteiger partial charge is 0.386 e. The maximum absolute atomic E-state index is 12.2. The fraction of sp³-hybridized carbons (Fsp3) is 0.478. The number of aromatic amines is 1. The summed E-state index contributed by atoms with van der Waals surface area (Å²) in [5.74, 6) is 0.816. The lowest BCUT2D eigenvalue weighted by Crippen LogP contribution is -2.49. The molecular weight excluding hydrogens is 454 g/mol. The molecule has 1 aliphatic rings. The maximum Gasteiger partial charge on any atom is 0.236 e. The number of anilines is 3. The monoisotopic (exact) mass is 485 g/mol. The molecular formula is C23H32ClN9O. The van der Waals surface area contributed by atoms with Crippen molar-refractivity contribution < 1.29 is 4.79 Å². The molecule has 0 spiro atoms. The van der Waals surface area contributed by atoms with E-state index in [1.165, 1.54) is 6.33 Å². The van der Waals surface area contributed by atoms with Crippen LogP contribution in [0, 0.1) is 6.92 Å². The van der Waals surface area contributed by atoms with Gasteiger partial charge >= 0.3 is 0 Å². The first-order chi connectivity index (χ1) is 16.3. The topological polar surface area (TPSA) is 105 Å². The normalized spacial score (nSPS) is 15.4. The van der Waals surface area contributed by atoms with Gasteiger partial charge in [0.05, 0.1) is 30.3 Å². The Hall–Kier alpha value is -3.11. The molecule has 1 aromatic carbocycles. The Morgan fingerprint density at radius 2 is 1.97 bits per heavy atom. The minimum atomic E-state index is -0.0880. The molecule has 10 nitrogen and oxygen atoms in total. The van der Waals surface area contributed by atoms with E-state index >= 15 is 0 Å². The summed E-state index contributed by atoms with van der Waals surface area (Å²) < 4.78 is 0. The Bertz CT molecular complexity index is 1170. The number of nitrogens with one attached hydrogen (secondary N) is 3. The van der Waals surface area contributed by atoms with Crippen LogP contribution in [-0.2, 0) is 4.79 Å². The van der Waals surface area contributed by atoms with E-state index in [9.17, 15) is 4.79 Å². The summed E-state index contributed by atoms with van der Waals surface area (Å²) in [7, 11) is 5.52. The highest BCUT2D eigenvalue weighted by Gasteiger charge is 2.27. The number of hydrogen-bond donors (Lipinski definition) is 3. The summed E-state index contributed by atoms with van der Waals surface area (Å²) in [5, 5.41) is 7.60. The first kappa shape index (κ1) is 24.0. The van der Waals surface area contributed by atoms with E-state index in [4.69, 9.17) is 11.6 Å². The number of nitrogens with zero attached hydrogens (tertiary/aromatic N) is 6. The summed E-state index contributed by atoms with van der Waals surface area (Å²) in [5.41, 5.74) is 5.61. The molecule has 3 aromatic rings. The number of fused-ring (bicyclic) bond motifs is 1. The fourth-order valence-corrected chi connectivity index (χ4v) is 4.56. The summed E-state index contributed by atoms with van der Waals surface area (Å²) in [6.45, 7) is 7.82. The lowest BCUT2D eigenvalue weighted by molar-refractivity contribution is -0.129. The van der Waals surface area contributed by atoms with Crippen molar-refractivity contribution in [2.75, 3.05) is 69.4 Å². The molecule has 0 aliphatic carbocycles. The van der Waals surface area contributed by atoms with Crippen molar-refractivity contribution in [2.45, 2.75) is 19.9 Å². The number of carbonyl (C=O) groups is 1. The van der Waals surface area contributed by atoms with Gasteiger partial charge in [-0.15, -0.1) is 0 Å². The number of H-pyrrole nitrogens is 1. The Balaban J connectivity index is 1.63. The molecule has 1 atom stereocenters. The van der Waals surface area contributed by atoms with Crippen molar-refractivity contribution in [1.29, 1.82) is 0 Å². The highest BCUT2D eigenvalue weighted by atomic mass is 35.5. The Morgan fingerprint density at radius 3 is 2.65 bits per heavy atom. The molecule has 0 saturated carbocycles. The van der Waals surface area contributed by atoms with E-state index in [-0.39, 0.29) is 11.9 Å². The third-order valence-electron chi connectivity index (χ3n) is 6.36. The minimum Gasteiger partial charge on any atom is -0.386 e. The first-order valence-electron chi connectivity index (χ1n) is 11.4. The smallest absolute Gasteiger partial charge is 0.236 e. The number of hydrogen-bond acceptors (Lipinski definition) is 8. The summed E-state index contributed by atoms with van der Waals surface area (Å²) in [6, 6.07) is 1.95. The molecule has 2 aromatic heterocycles. The number of carbonyl (C=O) groups excluding carboxylic acids is 1. The van der Waals surface area contributed by atoms with Crippen LogP contribution in [0.5, 0.6) is 0 Å². The minimum absolute atomic E-state index is 0.0880. The molecule has 0 radical (unpaired) electrons. The van der Waals surface area contributed by atoms with E-state index in [0.29, 0.717) is 23.0 Å². The summed E-state index contributed by atoms with van der Waals surface area (Å²) in [4.78, 5) is 34.3. The van der Waals surface area contributed by atoms with E-state index in [2.05, 4.69) is 47.3 Å². The number of imidazole rings is 1. The molecule has 3 N–H and O–H groups in total. The molecule has 0 bridgehead atoms. The van der Waals surface area contributed by atoms with Crippen molar-refractivity contribution in [3.63, 3.8) is 0 Å². The molecule has 182 valence electrons. The number of amides is 1. The van der Waals surface area contributed by atoms with E-state index in [1.807, 2.05) is 20.0 Å². The Morgan fingerprint density at radius 1 is 1.24 bits per heavy atom. The molecule has 34 heavy (non-hydrogen) atoms. The Kier molecular flexibility index (Phi) is 7.08. The van der Waals surface area contributed by atoms with Gasteiger partial charge in [-0.2, -0.15) is 0 Å². The van der Waals surface area contributed by atoms with Gasteiger partial charge in [0.1, 0.15) is 11.8 Å². The second kappa shape index (κ2) is 10.0. The zero-order valence-electron chi connectivity index (χ0n) is 20.3. The molecule has 4 rings (SSSR count). The zero-order valence-corrected chi connectivity index (χ0v) is 21.1. The predicted octanol–water partition coefficient (Wildman–Crippen LogP) is 2.74. The average Bonchev–Trinajstić information content (AvgIpc) is 3.31. The highest BCUT2D eigenvalue weighted by molar-refractivity contribution is 6.32. The predicted molar refractivity (Wildman–Crippen MR) is 137 cm³/mol. The number of benzene rings is 1. The van der Waals surface area contributed by atoms with Crippen LogP contribution in [-0.4, -0.2) is 89.5 Å². The second-order valence-electron chi connectivity index (χ2n) is 8.79. The molecule has 1 amide bonds. The van der Waals surface area contributed by atoms with Gasteiger partial charge in [0.25, 0.3) is 0 Å². The van der Waals surface area contributed by atoms with Gasteiger partial charge in [-0.3, -0.25) is 9.69 Å². The quantitative estimate of drug-likeness (QED) is 0.469. The number of aromatic nitrogens is 4. The molecule has 11 heteroatoms. The molecule has 1 unspecified atom stereocenters. The van der Waals surface area contributed by atoms with Gasteiger partial charge in [-0.05, 0) is 25.5 Å². The standard InChI is InChI=1S/C23H32ClN9O/c1-14-17(24)10-16(15(2)30-23-20-22(27-12-26-20)28-13-29-23)21(19(14)25-3)33-8-6-32(7-9-33)11-18(34)31(4)5/h10,12-13,15,25H,6-9,11H2,1-5H3,(H2,26,27,28,29,30). The molecule has 1 fully saturated rings. The third-order valence-corrected chi connectivity index (χ3v) is 6.76. The highest BCUT2D eigenvalue weighted by Crippen LogP contribution is 2.41. The molecule has 1 aliphatic heterocycles. The first-order valence-corrected chi connectivity index (χ1v) is 11.8. The van der Waals surface area contributed by atoms with Crippen molar-refractivity contribution in [1.82, 2.24) is 29.7 Å². The van der Waals surface area contributed by atoms with Crippen LogP contribution in [0.3, 0.4) is 0 Å². The van der Waals surface area contributed by atoms with Crippen molar-refractivity contribution in [3.8, 4) is 0 Å². The number of rotatable bonds is 7. The SMILES string of the molecule is CNc1c(C)c(Cl)cc(C(C)Nc2ncnc3nc[nH]c23)c1N1CCN(CC(=O)N(C)C)CC1. The lowest BCUT2D eigenvalue weighted by atomic mass is 9.99. The van der Waals surface area contributed by atoms with Crippen LogP contribution < -0.4 is 15.5 Å².